The molecule has 0 aliphatic heterocycles. The van der Waals surface area contributed by atoms with Gasteiger partial charge in [-0.2, -0.15) is 0 Å². The summed E-state index contributed by atoms with van der Waals surface area (Å²) in [5, 5.41) is 32.2. The zero-order chi connectivity index (χ0) is 40.3. The van der Waals surface area contributed by atoms with Crippen molar-refractivity contribution in [3.05, 3.63) is 156 Å². The van der Waals surface area contributed by atoms with E-state index >= 15 is 0 Å². The van der Waals surface area contributed by atoms with Gasteiger partial charge < -0.3 is 28.8 Å². The number of halogens is 2. The van der Waals surface area contributed by atoms with Crippen LogP contribution in [0.3, 0.4) is 0 Å². The van der Waals surface area contributed by atoms with Crippen LogP contribution in [-0.2, 0) is 20.8 Å². The van der Waals surface area contributed by atoms with Gasteiger partial charge in [0.15, 0.2) is 24.7 Å². The van der Waals surface area contributed by atoms with Crippen LogP contribution in [0, 0.1) is 0 Å². The van der Waals surface area contributed by atoms with Gasteiger partial charge in [-0.3, -0.25) is 0 Å². The molecule has 0 saturated carbocycles. The number of aromatic nitrogens is 2. The van der Waals surface area contributed by atoms with Crippen molar-refractivity contribution >= 4 is 83.3 Å². The second-order valence-corrected chi connectivity index (χ2v) is 19.4. The molecule has 0 amide bonds. The molecule has 0 saturated heterocycles. The minimum absolute atomic E-state index is 0.264. The average Bonchev–Trinajstić information content (AvgIpc) is 4.02. The number of hydrogen-bond donors (Lipinski definition) is 2. The Hall–Kier alpha value is -5.02. The molecule has 0 spiro atoms. The molecule has 0 aliphatic rings. The van der Waals surface area contributed by atoms with Gasteiger partial charge in [0.2, 0.25) is 0 Å². The summed E-state index contributed by atoms with van der Waals surface area (Å²) < 4.78 is 14.3. The monoisotopic (exact) mass is 930 g/mol. The van der Waals surface area contributed by atoms with Gasteiger partial charge in [0.05, 0.1) is 54.3 Å². The summed E-state index contributed by atoms with van der Waals surface area (Å²) in [6.45, 7) is 1.29. The number of para-hydroxylation sites is 6. The number of hydrogen-bond acceptors (Lipinski definition) is 4. The van der Waals surface area contributed by atoms with Crippen molar-refractivity contribution in [2.24, 2.45) is 0 Å². The maximum absolute atomic E-state index is 11.7. The number of aromatic hydroxyl groups is 4. The first-order valence-corrected chi connectivity index (χ1v) is 27.3. The molecular weight excluding hydrogens is 895 g/mol. The topological polar surface area (TPSA) is 75.9 Å². The number of rotatable bonds is 11. The van der Waals surface area contributed by atoms with Gasteiger partial charge in [-0.15, -0.1) is 22.7 Å². The van der Waals surface area contributed by atoms with Crippen LogP contribution in [-0.4, -0.2) is 42.0 Å². The van der Waals surface area contributed by atoms with Crippen LogP contribution < -0.4 is 0 Å². The van der Waals surface area contributed by atoms with E-state index < -0.39 is 20.8 Å². The first-order chi connectivity index (χ1) is 29.1. The number of ether oxygens (including phenoxy) is 2. The molecule has 292 valence electrons. The van der Waals surface area contributed by atoms with Crippen molar-refractivity contribution in [3.8, 4) is 55.3 Å². The predicted molar refractivity (Wildman–Crippen MR) is 246 cm³/mol. The number of thiophene rings is 2. The van der Waals surface area contributed by atoms with Crippen molar-refractivity contribution in [2.45, 2.75) is 12.8 Å². The van der Waals surface area contributed by atoms with E-state index in [1.807, 2.05) is 83.6 Å². The van der Waals surface area contributed by atoms with Crippen molar-refractivity contribution < 1.29 is 40.5 Å². The molecule has 6 aromatic carbocycles. The Balaban J connectivity index is 0.00000145. The van der Waals surface area contributed by atoms with E-state index in [2.05, 4.69) is 81.9 Å². The molecule has 59 heavy (non-hydrogen) atoms. The molecule has 0 atom stereocenters. The van der Waals surface area contributed by atoms with E-state index in [1.54, 1.807) is 22.7 Å². The molecule has 4 N–H and O–H groups in total. The van der Waals surface area contributed by atoms with Crippen LogP contribution in [0.5, 0.6) is 23.0 Å². The average molecular weight is 933 g/mol. The molecule has 0 bridgehead atoms. The molecule has 11 heteroatoms. The fraction of sp³-hybridized carbons (Fsp3) is 0.0833. The number of benzene rings is 6. The first kappa shape index (κ1) is 39.4. The Kier molecular flexibility index (Phi) is 11.8. The summed E-state index contributed by atoms with van der Waals surface area (Å²) in [7, 11) is 9.87. The van der Waals surface area contributed by atoms with Gasteiger partial charge in [0.1, 0.15) is 0 Å². The summed E-state index contributed by atoms with van der Waals surface area (Å²) >= 11 is 2.26. The number of unbranched alkanes of at least 4 members (excludes halogenated alkanes) is 1. The first-order valence-electron chi connectivity index (χ1n) is 19.2. The Labute approximate surface area is 367 Å². The van der Waals surface area contributed by atoms with Gasteiger partial charge in [-0.1, -0.05) is 97.1 Å². The second-order valence-electron chi connectivity index (χ2n) is 13.9. The van der Waals surface area contributed by atoms with E-state index in [0.717, 1.165) is 100 Å². The summed E-state index contributed by atoms with van der Waals surface area (Å²) in [5.74, 6) is 2.27. The molecule has 4 aromatic heterocycles. The Morgan fingerprint density at radius 3 is 1.12 bits per heavy atom. The van der Waals surface area contributed by atoms with Crippen LogP contribution in [0.15, 0.2) is 156 Å². The predicted octanol–water partition coefficient (Wildman–Crippen LogP) is 14.1. The van der Waals surface area contributed by atoms with Crippen LogP contribution in [0.2, 0.25) is 0 Å². The van der Waals surface area contributed by atoms with Crippen molar-refractivity contribution in [2.75, 3.05) is 13.2 Å². The Morgan fingerprint density at radius 2 is 0.763 bits per heavy atom. The second kappa shape index (κ2) is 17.7. The van der Waals surface area contributed by atoms with Gasteiger partial charge in [0, 0.05) is 57.3 Å². The van der Waals surface area contributed by atoms with Crippen LogP contribution >= 0.6 is 39.7 Å². The summed E-state index contributed by atoms with van der Waals surface area (Å²) in [5.41, 5.74) is 7.67. The molecular formula is C48H38Cl2N2O4S2Zr+2. The van der Waals surface area contributed by atoms with Crippen molar-refractivity contribution in [3.63, 3.8) is 0 Å². The van der Waals surface area contributed by atoms with Gasteiger partial charge in [-0.25, -0.2) is 0 Å². The summed E-state index contributed by atoms with van der Waals surface area (Å²) in [4.78, 5) is 1.62. The molecule has 4 heterocycles. The third-order valence-corrected chi connectivity index (χ3v) is 12.5. The zero-order valence-electron chi connectivity index (χ0n) is 31.6. The van der Waals surface area contributed by atoms with E-state index in [4.69, 9.17) is 26.5 Å². The van der Waals surface area contributed by atoms with Crippen LogP contribution in [0.1, 0.15) is 12.8 Å². The third kappa shape index (κ3) is 7.45. The molecule has 6 nitrogen and oxygen atoms in total. The molecule has 10 rings (SSSR count). The van der Waals surface area contributed by atoms with E-state index in [0.29, 0.717) is 13.2 Å². The Bertz CT molecular complexity index is 2770. The van der Waals surface area contributed by atoms with E-state index in [9.17, 15) is 10.2 Å². The van der Waals surface area contributed by atoms with Gasteiger partial charge >= 0.3 is 37.9 Å². The molecule has 0 aliphatic carbocycles. The van der Waals surface area contributed by atoms with Crippen LogP contribution in [0.4, 0.5) is 0 Å². The number of nitrogens with zero attached hydrogens (tertiary/aromatic N) is 2. The summed E-state index contributed by atoms with van der Waals surface area (Å²) in [6, 6.07) is 49.5. The molecule has 0 unspecified atom stereocenters. The van der Waals surface area contributed by atoms with Crippen molar-refractivity contribution in [1.29, 1.82) is 0 Å². The minimum atomic E-state index is -0.826. The van der Waals surface area contributed by atoms with E-state index in [-0.39, 0.29) is 11.5 Å². The maximum atomic E-state index is 11.7. The fourth-order valence-corrected chi connectivity index (χ4v) is 9.90. The molecule has 0 fully saturated rings. The number of fused-ring (bicyclic) bond motifs is 6. The van der Waals surface area contributed by atoms with Crippen molar-refractivity contribution in [1.82, 2.24) is 9.13 Å². The third-order valence-electron chi connectivity index (χ3n) is 10.6. The number of aliphatic hydroxyl groups is 2. The summed E-state index contributed by atoms with van der Waals surface area (Å²) in [6.07, 6.45) is 1.73. The normalized spacial score (nSPS) is 11.3. The van der Waals surface area contributed by atoms with Gasteiger partial charge in [-0.05, 0) is 36.4 Å². The quantitative estimate of drug-likeness (QED) is 0.100. The van der Waals surface area contributed by atoms with Crippen LogP contribution in [0.25, 0.3) is 75.9 Å². The molecule has 0 radical (unpaired) electrons. The molecule has 10 aromatic rings. The fourth-order valence-electron chi connectivity index (χ4n) is 7.98. The standard InChI is InChI=1S/C48H36N2O4S2.2ClH.Zr/c51-45-41(49-37-21-7-1-15-31(37)32-16-2-8-22-38(32)49)29-55-47(45)35-19-5-11-25-43(35)53-27-13-14-28-54-44-26-12-6-20-36(44)48-46(52)42(30-56-48)50-39-23-9-3-17-33(39)34-18-4-10-24-40(34)50;;;/h1-12,15-26,29-30,51-52H,13-14,27-28H2;2*1H;/q;;;+2. The van der Waals surface area contributed by atoms with E-state index in [1.165, 1.54) is 0 Å². The SMILES string of the molecule is Oc1c(-n2c3ccccc3c3ccccc32)csc1-c1ccccc1[OH+]CCCC[OH+]c1ccccc1-c1scc(-n2c3ccccc3c3ccccc32)c1O.[Cl][Zr][Cl]. The zero-order valence-corrected chi connectivity index (χ0v) is 37.2. The van der Waals surface area contributed by atoms with Gasteiger partial charge in [0.25, 0.3) is 11.5 Å². The Morgan fingerprint density at radius 1 is 0.458 bits per heavy atom.